The van der Waals surface area contributed by atoms with Crippen LogP contribution in [0.4, 0.5) is 11.4 Å². The van der Waals surface area contributed by atoms with Crippen molar-refractivity contribution >= 4 is 11.4 Å². The minimum absolute atomic E-state index is 0.148. The number of hydrogen-bond donors (Lipinski definition) is 0. The normalized spacial score (nSPS) is 18.4. The van der Waals surface area contributed by atoms with Crippen molar-refractivity contribution in [1.29, 1.82) is 0 Å². The Hall–Kier alpha value is -4.57. The smallest absolute Gasteiger partial charge is 0.163 e. The van der Waals surface area contributed by atoms with Gasteiger partial charge in [0.2, 0.25) is 0 Å². The number of hydrogen-bond acceptors (Lipinski definition) is 4. The highest BCUT2D eigenvalue weighted by molar-refractivity contribution is 5.70. The van der Waals surface area contributed by atoms with Gasteiger partial charge in [0.1, 0.15) is 5.82 Å². The zero-order valence-corrected chi connectivity index (χ0v) is 20.6. The quantitative estimate of drug-likeness (QED) is 0.301. The lowest BCUT2D eigenvalue weighted by atomic mass is 10.00. The highest BCUT2D eigenvalue weighted by Gasteiger charge is 2.18. The fraction of sp³-hybridized carbons (Fsp3) is 0.121. The molecule has 1 aliphatic heterocycles. The predicted octanol–water partition coefficient (Wildman–Crippen LogP) is 7.61. The van der Waals surface area contributed by atoms with Crippen molar-refractivity contribution in [1.82, 2.24) is 15.0 Å². The molecule has 0 radical (unpaired) electrons. The number of rotatable bonds is 4. The molecular formula is C33H28N4. The van der Waals surface area contributed by atoms with Gasteiger partial charge in [-0.15, -0.1) is 0 Å². The maximum Gasteiger partial charge on any atom is 0.163 e. The molecule has 0 saturated carbocycles. The third-order valence-corrected chi connectivity index (χ3v) is 6.73. The van der Waals surface area contributed by atoms with Crippen molar-refractivity contribution in [3.8, 4) is 22.8 Å². The predicted molar refractivity (Wildman–Crippen MR) is 152 cm³/mol. The highest BCUT2D eigenvalue weighted by atomic mass is 15.1. The average Bonchev–Trinajstić information content (AvgIpc) is 3.08. The highest BCUT2D eigenvalue weighted by Crippen LogP contribution is 2.32. The first-order chi connectivity index (χ1) is 18.3. The van der Waals surface area contributed by atoms with Crippen LogP contribution in [-0.2, 0) is 6.42 Å². The van der Waals surface area contributed by atoms with E-state index in [1.165, 1.54) is 11.3 Å². The molecule has 180 valence electrons. The van der Waals surface area contributed by atoms with Gasteiger partial charge in [0.05, 0.1) is 0 Å². The van der Waals surface area contributed by atoms with Crippen LogP contribution in [0.1, 0.15) is 23.7 Å². The van der Waals surface area contributed by atoms with Crippen LogP contribution in [0, 0.1) is 0 Å². The molecule has 0 amide bonds. The zero-order valence-electron chi connectivity index (χ0n) is 20.6. The molecule has 3 aromatic carbocycles. The summed E-state index contributed by atoms with van der Waals surface area (Å²) in [7, 11) is 0. The van der Waals surface area contributed by atoms with Gasteiger partial charge in [-0.05, 0) is 48.7 Å². The first-order valence-electron chi connectivity index (χ1n) is 12.8. The zero-order chi connectivity index (χ0) is 24.9. The molecule has 1 atom stereocenters. The summed E-state index contributed by atoms with van der Waals surface area (Å²) in [4.78, 5) is 17.0. The third-order valence-electron chi connectivity index (χ3n) is 6.73. The fourth-order valence-corrected chi connectivity index (χ4v) is 4.77. The van der Waals surface area contributed by atoms with Crippen LogP contribution in [0.25, 0.3) is 22.8 Å². The third kappa shape index (κ3) is 5.05. The van der Waals surface area contributed by atoms with E-state index in [1.54, 1.807) is 0 Å². The van der Waals surface area contributed by atoms with Crippen LogP contribution < -0.4 is 4.90 Å². The number of fused-ring (bicyclic) bond motifs is 1. The van der Waals surface area contributed by atoms with E-state index in [1.807, 2.05) is 30.3 Å². The number of para-hydroxylation sites is 1. The summed E-state index contributed by atoms with van der Waals surface area (Å²) in [6.45, 7) is 0.802. The second-order valence-corrected chi connectivity index (χ2v) is 9.21. The van der Waals surface area contributed by atoms with Crippen molar-refractivity contribution in [3.05, 3.63) is 139 Å². The van der Waals surface area contributed by atoms with Crippen molar-refractivity contribution in [2.45, 2.75) is 18.8 Å². The summed E-state index contributed by atoms with van der Waals surface area (Å²) < 4.78 is 0. The standard InChI is InChI=1S/C33H28N4/c1-2-12-24-37(30-19-11-10-14-25(30)13-5-1)29-22-20-28(21-23-29)33-35-31(26-15-6-3-7-16-26)34-32(36-33)27-17-8-4-9-18-27/h1-12,14-17,19-23,27H,13,18,24H2/b5-1-,12-2-. The van der Waals surface area contributed by atoms with E-state index >= 15 is 0 Å². The van der Waals surface area contributed by atoms with Crippen LogP contribution in [0.3, 0.4) is 0 Å². The summed E-state index contributed by atoms with van der Waals surface area (Å²) in [5.41, 5.74) is 5.66. The summed E-state index contributed by atoms with van der Waals surface area (Å²) in [5, 5.41) is 0. The lowest BCUT2D eigenvalue weighted by molar-refractivity contribution is 0.764. The Kier molecular flexibility index (Phi) is 6.54. The maximum atomic E-state index is 4.93. The van der Waals surface area contributed by atoms with Gasteiger partial charge in [-0.2, -0.15) is 0 Å². The number of aromatic nitrogens is 3. The number of benzene rings is 3. The van der Waals surface area contributed by atoms with E-state index in [0.29, 0.717) is 11.6 Å². The molecule has 2 aliphatic rings. The fourth-order valence-electron chi connectivity index (χ4n) is 4.77. The Morgan fingerprint density at radius 3 is 2.11 bits per heavy atom. The Morgan fingerprint density at radius 1 is 0.622 bits per heavy atom. The molecule has 6 rings (SSSR count). The maximum absolute atomic E-state index is 4.93. The lowest BCUT2D eigenvalue weighted by Crippen LogP contribution is -2.18. The summed E-state index contributed by atoms with van der Waals surface area (Å²) >= 11 is 0. The molecule has 0 spiro atoms. The van der Waals surface area contributed by atoms with Gasteiger partial charge >= 0.3 is 0 Å². The molecule has 4 aromatic rings. The minimum Gasteiger partial charge on any atom is -0.337 e. The minimum atomic E-state index is 0.148. The Bertz CT molecular complexity index is 1500. The topological polar surface area (TPSA) is 41.9 Å². The molecule has 0 saturated heterocycles. The average molecular weight is 481 g/mol. The second-order valence-electron chi connectivity index (χ2n) is 9.21. The molecule has 0 bridgehead atoms. The molecule has 1 aliphatic carbocycles. The van der Waals surface area contributed by atoms with Gasteiger partial charge in [-0.3, -0.25) is 0 Å². The lowest BCUT2D eigenvalue weighted by Gasteiger charge is -2.26. The first kappa shape index (κ1) is 22.9. The van der Waals surface area contributed by atoms with Crippen LogP contribution in [0.15, 0.2) is 127 Å². The summed E-state index contributed by atoms with van der Waals surface area (Å²) in [6.07, 6.45) is 18.9. The molecule has 4 heteroatoms. The Labute approximate surface area is 218 Å². The van der Waals surface area contributed by atoms with Crippen molar-refractivity contribution in [3.63, 3.8) is 0 Å². The van der Waals surface area contributed by atoms with E-state index in [9.17, 15) is 0 Å². The summed E-state index contributed by atoms with van der Waals surface area (Å²) in [5.74, 6) is 2.36. The second kappa shape index (κ2) is 10.6. The van der Waals surface area contributed by atoms with E-state index in [-0.39, 0.29) is 5.92 Å². The molecule has 2 heterocycles. The van der Waals surface area contributed by atoms with E-state index in [0.717, 1.165) is 42.0 Å². The van der Waals surface area contributed by atoms with Gasteiger partial charge in [-0.1, -0.05) is 97.1 Å². The van der Waals surface area contributed by atoms with Gasteiger partial charge in [0.25, 0.3) is 0 Å². The molecule has 1 aromatic heterocycles. The van der Waals surface area contributed by atoms with Crippen molar-refractivity contribution < 1.29 is 0 Å². The van der Waals surface area contributed by atoms with Crippen LogP contribution in [-0.4, -0.2) is 21.5 Å². The molecular weight excluding hydrogens is 452 g/mol. The monoisotopic (exact) mass is 480 g/mol. The molecule has 0 N–H and O–H groups in total. The van der Waals surface area contributed by atoms with Gasteiger partial charge in [0.15, 0.2) is 11.6 Å². The largest absolute Gasteiger partial charge is 0.337 e. The molecule has 37 heavy (non-hydrogen) atoms. The van der Waals surface area contributed by atoms with E-state index in [2.05, 4.69) is 102 Å². The number of anilines is 2. The molecule has 4 nitrogen and oxygen atoms in total. The summed E-state index contributed by atoms with van der Waals surface area (Å²) in [6, 6.07) is 27.3. The van der Waals surface area contributed by atoms with Crippen LogP contribution in [0.5, 0.6) is 0 Å². The Morgan fingerprint density at radius 2 is 1.32 bits per heavy atom. The van der Waals surface area contributed by atoms with Crippen LogP contribution in [0.2, 0.25) is 0 Å². The van der Waals surface area contributed by atoms with E-state index < -0.39 is 0 Å². The van der Waals surface area contributed by atoms with Crippen LogP contribution >= 0.6 is 0 Å². The van der Waals surface area contributed by atoms with Gasteiger partial charge in [0, 0.05) is 35.0 Å². The number of nitrogens with zero attached hydrogens (tertiary/aromatic N) is 4. The molecule has 1 unspecified atom stereocenters. The van der Waals surface area contributed by atoms with Gasteiger partial charge < -0.3 is 4.90 Å². The number of allylic oxidation sites excluding steroid dienone is 7. The first-order valence-corrected chi connectivity index (χ1v) is 12.8. The van der Waals surface area contributed by atoms with E-state index in [4.69, 9.17) is 15.0 Å². The molecule has 0 fully saturated rings. The van der Waals surface area contributed by atoms with Crippen molar-refractivity contribution in [2.75, 3.05) is 11.4 Å². The van der Waals surface area contributed by atoms with Gasteiger partial charge in [-0.25, -0.2) is 15.0 Å². The van der Waals surface area contributed by atoms with Crippen molar-refractivity contribution in [2.24, 2.45) is 0 Å². The SMILES string of the molecule is C1=CCC(c2nc(-c3ccccc3)nc(-c3ccc(N4C/C=C\C=C/Cc5ccccc54)cc3)n2)C=C1. The Balaban J connectivity index is 1.38.